The van der Waals surface area contributed by atoms with E-state index >= 15 is 0 Å². The molecule has 3 N–H and O–H groups in total. The first-order chi connectivity index (χ1) is 7.87. The van der Waals surface area contributed by atoms with Crippen LogP contribution in [-0.2, 0) is 10.2 Å². The first kappa shape index (κ1) is 12.6. The van der Waals surface area contributed by atoms with Crippen molar-refractivity contribution in [1.29, 1.82) is 0 Å². The highest BCUT2D eigenvalue weighted by Crippen LogP contribution is 2.43. The van der Waals surface area contributed by atoms with Crippen molar-refractivity contribution in [3.05, 3.63) is 27.7 Å². The van der Waals surface area contributed by atoms with E-state index in [1.807, 2.05) is 32.9 Å². The molecule has 0 saturated carbocycles. The zero-order chi connectivity index (χ0) is 12.8. The molecule has 4 heteroatoms. The number of amides is 1. The molecule has 0 saturated heterocycles. The number of hydrogen-bond donors (Lipinski definition) is 2. The number of hydrogen-bond acceptors (Lipinski definition) is 2. The second-order valence-electron chi connectivity index (χ2n) is 5.01. The van der Waals surface area contributed by atoms with E-state index in [2.05, 4.69) is 21.2 Å². The van der Waals surface area contributed by atoms with E-state index in [9.17, 15) is 4.79 Å². The van der Waals surface area contributed by atoms with Gasteiger partial charge in [-0.2, -0.15) is 0 Å². The molecule has 0 spiro atoms. The summed E-state index contributed by atoms with van der Waals surface area (Å²) in [5, 5.41) is 2.96. The molecule has 1 aliphatic rings. The quantitative estimate of drug-likeness (QED) is 0.881. The highest BCUT2D eigenvalue weighted by Gasteiger charge is 2.40. The topological polar surface area (TPSA) is 55.1 Å². The molecule has 0 fully saturated rings. The predicted octanol–water partition coefficient (Wildman–Crippen LogP) is 3.09. The molecule has 1 unspecified atom stereocenters. The van der Waals surface area contributed by atoms with E-state index in [4.69, 9.17) is 5.73 Å². The SMILES string of the molecule is CCC(N)c1cc(Br)cc2c1NC(=O)C2(C)C. The number of nitrogens with two attached hydrogens (primary N) is 1. The second kappa shape index (κ2) is 4.10. The highest BCUT2D eigenvalue weighted by atomic mass is 79.9. The Kier molecular flexibility index (Phi) is 3.04. The van der Waals surface area contributed by atoms with Crippen molar-refractivity contribution in [2.75, 3.05) is 5.32 Å². The van der Waals surface area contributed by atoms with Crippen molar-refractivity contribution in [3.8, 4) is 0 Å². The highest BCUT2D eigenvalue weighted by molar-refractivity contribution is 9.10. The molecule has 17 heavy (non-hydrogen) atoms. The average molecular weight is 297 g/mol. The molecule has 1 heterocycles. The Morgan fingerprint density at radius 1 is 1.47 bits per heavy atom. The largest absolute Gasteiger partial charge is 0.325 e. The van der Waals surface area contributed by atoms with Crippen molar-refractivity contribution in [2.24, 2.45) is 5.73 Å². The summed E-state index contributed by atoms with van der Waals surface area (Å²) in [6.07, 6.45) is 0.846. The van der Waals surface area contributed by atoms with E-state index in [1.165, 1.54) is 0 Å². The monoisotopic (exact) mass is 296 g/mol. The first-order valence-corrected chi connectivity index (χ1v) is 6.58. The van der Waals surface area contributed by atoms with Crippen LogP contribution < -0.4 is 11.1 Å². The van der Waals surface area contributed by atoms with Crippen LogP contribution >= 0.6 is 15.9 Å². The zero-order valence-corrected chi connectivity index (χ0v) is 11.9. The van der Waals surface area contributed by atoms with Gasteiger partial charge in [-0.1, -0.05) is 22.9 Å². The number of rotatable bonds is 2. The molecule has 3 nitrogen and oxygen atoms in total. The van der Waals surface area contributed by atoms with Gasteiger partial charge in [-0.05, 0) is 43.5 Å². The predicted molar refractivity (Wildman–Crippen MR) is 73.0 cm³/mol. The van der Waals surface area contributed by atoms with Crippen LogP contribution in [0.3, 0.4) is 0 Å². The third-order valence-corrected chi connectivity index (χ3v) is 3.91. The van der Waals surface area contributed by atoms with Gasteiger partial charge in [0.1, 0.15) is 0 Å². The summed E-state index contributed by atoms with van der Waals surface area (Å²) in [5.41, 5.74) is 8.55. The van der Waals surface area contributed by atoms with E-state index in [0.29, 0.717) is 0 Å². The lowest BCUT2D eigenvalue weighted by atomic mass is 9.84. The molecule has 1 aromatic carbocycles. The van der Waals surface area contributed by atoms with Crippen molar-refractivity contribution < 1.29 is 4.79 Å². The number of halogens is 1. The molecule has 0 aromatic heterocycles. The normalized spacial score (nSPS) is 18.8. The molecule has 1 atom stereocenters. The minimum Gasteiger partial charge on any atom is -0.325 e. The summed E-state index contributed by atoms with van der Waals surface area (Å²) in [7, 11) is 0. The Bertz CT molecular complexity index is 483. The summed E-state index contributed by atoms with van der Waals surface area (Å²) in [5.74, 6) is 0.0372. The maximum atomic E-state index is 12.0. The van der Waals surface area contributed by atoms with Gasteiger partial charge < -0.3 is 11.1 Å². The van der Waals surface area contributed by atoms with Crippen LogP contribution in [0.5, 0.6) is 0 Å². The maximum Gasteiger partial charge on any atom is 0.234 e. The Balaban J connectivity index is 2.64. The summed E-state index contributed by atoms with van der Waals surface area (Å²) in [6.45, 7) is 5.91. The molecule has 92 valence electrons. The van der Waals surface area contributed by atoms with Crippen LogP contribution in [-0.4, -0.2) is 5.91 Å². The lowest BCUT2D eigenvalue weighted by molar-refractivity contribution is -0.119. The number of carbonyl (C=O) groups excluding carboxylic acids is 1. The number of nitrogens with one attached hydrogen (secondary N) is 1. The Morgan fingerprint density at radius 2 is 2.12 bits per heavy atom. The number of carbonyl (C=O) groups is 1. The fraction of sp³-hybridized carbons (Fsp3) is 0.462. The van der Waals surface area contributed by atoms with Crippen molar-refractivity contribution in [2.45, 2.75) is 38.6 Å². The van der Waals surface area contributed by atoms with Crippen LogP contribution in [0.25, 0.3) is 0 Å². The Hall–Kier alpha value is -0.870. The van der Waals surface area contributed by atoms with Gasteiger partial charge >= 0.3 is 0 Å². The minimum atomic E-state index is -0.485. The van der Waals surface area contributed by atoms with Crippen molar-refractivity contribution in [1.82, 2.24) is 0 Å². The fourth-order valence-electron chi connectivity index (χ4n) is 2.16. The third-order valence-electron chi connectivity index (χ3n) is 3.45. The Labute approximate surface area is 110 Å². The van der Waals surface area contributed by atoms with Gasteiger partial charge in [0.15, 0.2) is 0 Å². The van der Waals surface area contributed by atoms with Gasteiger partial charge in [-0.3, -0.25) is 4.79 Å². The van der Waals surface area contributed by atoms with Gasteiger partial charge in [0.05, 0.1) is 5.41 Å². The lowest BCUT2D eigenvalue weighted by Gasteiger charge is -2.18. The average Bonchev–Trinajstić information content (AvgIpc) is 2.50. The Morgan fingerprint density at radius 3 is 2.71 bits per heavy atom. The van der Waals surface area contributed by atoms with Gasteiger partial charge in [0.25, 0.3) is 0 Å². The first-order valence-electron chi connectivity index (χ1n) is 5.79. The standard InChI is InChI=1S/C13H17BrN2O/c1-4-10(15)8-5-7(14)6-9-11(8)16-12(17)13(9,2)3/h5-6,10H,4,15H2,1-3H3,(H,16,17). The number of fused-ring (bicyclic) bond motifs is 1. The summed E-state index contributed by atoms with van der Waals surface area (Å²) >= 11 is 3.49. The summed E-state index contributed by atoms with van der Waals surface area (Å²) in [6, 6.07) is 3.95. The summed E-state index contributed by atoms with van der Waals surface area (Å²) < 4.78 is 0.972. The zero-order valence-electron chi connectivity index (χ0n) is 10.3. The third kappa shape index (κ3) is 1.89. The molecule has 1 amide bonds. The minimum absolute atomic E-state index is 0.0372. The number of anilines is 1. The van der Waals surface area contributed by atoms with Crippen LogP contribution in [0.1, 0.15) is 44.4 Å². The maximum absolute atomic E-state index is 12.0. The van der Waals surface area contributed by atoms with Gasteiger partial charge in [-0.15, -0.1) is 0 Å². The van der Waals surface area contributed by atoms with Crippen LogP contribution in [0.4, 0.5) is 5.69 Å². The van der Waals surface area contributed by atoms with Crippen molar-refractivity contribution >= 4 is 27.5 Å². The molecule has 0 bridgehead atoms. The molecule has 0 aliphatic carbocycles. The summed E-state index contributed by atoms with van der Waals surface area (Å²) in [4.78, 5) is 12.0. The van der Waals surface area contributed by atoms with Crippen LogP contribution in [0.2, 0.25) is 0 Å². The van der Waals surface area contributed by atoms with Crippen LogP contribution in [0.15, 0.2) is 16.6 Å². The lowest BCUT2D eigenvalue weighted by Crippen LogP contribution is -2.26. The van der Waals surface area contributed by atoms with E-state index < -0.39 is 5.41 Å². The molecule has 1 aromatic rings. The number of benzene rings is 1. The smallest absolute Gasteiger partial charge is 0.234 e. The fourth-order valence-corrected chi connectivity index (χ4v) is 2.64. The van der Waals surface area contributed by atoms with Gasteiger partial charge in [-0.25, -0.2) is 0 Å². The van der Waals surface area contributed by atoms with E-state index in [0.717, 1.165) is 27.7 Å². The molecule has 1 aliphatic heterocycles. The molecular formula is C13H17BrN2O. The van der Waals surface area contributed by atoms with E-state index in [-0.39, 0.29) is 11.9 Å². The molecule has 0 radical (unpaired) electrons. The van der Waals surface area contributed by atoms with Gasteiger partial charge in [0, 0.05) is 16.2 Å². The van der Waals surface area contributed by atoms with Crippen molar-refractivity contribution in [3.63, 3.8) is 0 Å². The van der Waals surface area contributed by atoms with E-state index in [1.54, 1.807) is 0 Å². The molecule has 2 rings (SSSR count). The van der Waals surface area contributed by atoms with Crippen LogP contribution in [0, 0.1) is 0 Å². The molecular weight excluding hydrogens is 280 g/mol. The van der Waals surface area contributed by atoms with Gasteiger partial charge in [0.2, 0.25) is 5.91 Å². The second-order valence-corrected chi connectivity index (χ2v) is 5.93.